The molecule has 1 saturated heterocycles. The molecule has 1 atom stereocenters. The molecule has 0 spiro atoms. The van der Waals surface area contributed by atoms with Gasteiger partial charge >= 0.3 is 0 Å². The number of carbonyl (C=O) groups excluding carboxylic acids is 1. The van der Waals surface area contributed by atoms with Crippen molar-refractivity contribution >= 4 is 34.8 Å². The minimum Gasteiger partial charge on any atom is -0.380 e. The van der Waals surface area contributed by atoms with Crippen molar-refractivity contribution in [3.05, 3.63) is 28.2 Å². The molecule has 1 aromatic rings. The van der Waals surface area contributed by atoms with Crippen molar-refractivity contribution in [2.75, 3.05) is 25.1 Å². The van der Waals surface area contributed by atoms with Crippen LogP contribution in [0.4, 0.5) is 5.69 Å². The summed E-state index contributed by atoms with van der Waals surface area (Å²) >= 11 is 12.0. The summed E-state index contributed by atoms with van der Waals surface area (Å²) in [4.78, 5) is 12.0. The van der Waals surface area contributed by atoms with Crippen molar-refractivity contribution < 1.29 is 9.53 Å². The van der Waals surface area contributed by atoms with Crippen molar-refractivity contribution in [1.82, 2.24) is 5.32 Å². The van der Waals surface area contributed by atoms with Crippen LogP contribution < -0.4 is 10.6 Å². The van der Waals surface area contributed by atoms with Gasteiger partial charge in [-0.05, 0) is 31.9 Å². The first-order valence-corrected chi connectivity index (χ1v) is 7.32. The minimum absolute atomic E-state index is 0.153. The molecule has 0 radical (unpaired) electrons. The fourth-order valence-electron chi connectivity index (χ4n) is 2.17. The van der Waals surface area contributed by atoms with E-state index < -0.39 is 0 Å². The molecular weight excluding hydrogens is 299 g/mol. The standard InChI is InChI=1S/C14H18Cl2N2O2/c1-14(6-3-7-20-9-14)17-8-12(19)18-13-10(15)4-2-5-11(13)16/h2,4-5,17H,3,6-9H2,1H3,(H,18,19). The van der Waals surface area contributed by atoms with Crippen LogP contribution in [-0.2, 0) is 9.53 Å². The van der Waals surface area contributed by atoms with E-state index in [0.29, 0.717) is 22.3 Å². The highest BCUT2D eigenvalue weighted by molar-refractivity contribution is 6.39. The van der Waals surface area contributed by atoms with Gasteiger partial charge in [0.25, 0.3) is 0 Å². The number of rotatable bonds is 4. The fourth-order valence-corrected chi connectivity index (χ4v) is 2.66. The molecule has 2 N–H and O–H groups in total. The van der Waals surface area contributed by atoms with Crippen LogP contribution in [0.1, 0.15) is 19.8 Å². The smallest absolute Gasteiger partial charge is 0.238 e. The summed E-state index contributed by atoms with van der Waals surface area (Å²) in [6.45, 7) is 3.66. The zero-order chi connectivity index (χ0) is 14.6. The van der Waals surface area contributed by atoms with Gasteiger partial charge in [0.2, 0.25) is 5.91 Å². The molecule has 1 fully saturated rings. The molecule has 0 aliphatic carbocycles. The van der Waals surface area contributed by atoms with Crippen molar-refractivity contribution in [1.29, 1.82) is 0 Å². The van der Waals surface area contributed by atoms with Gasteiger partial charge in [-0.15, -0.1) is 0 Å². The third-order valence-corrected chi connectivity index (χ3v) is 3.97. The maximum absolute atomic E-state index is 12.0. The number of hydrogen-bond donors (Lipinski definition) is 2. The number of hydrogen-bond acceptors (Lipinski definition) is 3. The number of amides is 1. The molecule has 0 bridgehead atoms. The summed E-state index contributed by atoms with van der Waals surface area (Å²) in [7, 11) is 0. The van der Waals surface area contributed by atoms with Gasteiger partial charge in [0.05, 0.1) is 28.9 Å². The lowest BCUT2D eigenvalue weighted by atomic mass is 9.95. The van der Waals surface area contributed by atoms with E-state index in [0.717, 1.165) is 19.4 Å². The Morgan fingerprint density at radius 1 is 1.40 bits per heavy atom. The summed E-state index contributed by atoms with van der Waals surface area (Å²) in [5.41, 5.74) is 0.299. The Kier molecular flexibility index (Phi) is 5.27. The molecule has 1 aromatic carbocycles. The molecule has 1 unspecified atom stereocenters. The van der Waals surface area contributed by atoms with Crippen LogP contribution in [0.2, 0.25) is 10.0 Å². The van der Waals surface area contributed by atoms with E-state index in [2.05, 4.69) is 17.6 Å². The summed E-state index contributed by atoms with van der Waals surface area (Å²) < 4.78 is 5.44. The first kappa shape index (κ1) is 15.6. The van der Waals surface area contributed by atoms with Crippen LogP contribution in [-0.4, -0.2) is 31.2 Å². The topological polar surface area (TPSA) is 50.4 Å². The summed E-state index contributed by atoms with van der Waals surface area (Å²) in [5.74, 6) is -0.174. The van der Waals surface area contributed by atoms with Gasteiger partial charge < -0.3 is 15.4 Å². The summed E-state index contributed by atoms with van der Waals surface area (Å²) in [5, 5.41) is 6.82. The third kappa shape index (κ3) is 4.09. The average Bonchev–Trinajstić information content (AvgIpc) is 2.42. The molecule has 110 valence electrons. The molecule has 1 heterocycles. The van der Waals surface area contributed by atoms with E-state index in [1.54, 1.807) is 18.2 Å². The second kappa shape index (κ2) is 6.76. The minimum atomic E-state index is -0.174. The molecular formula is C14H18Cl2N2O2. The maximum atomic E-state index is 12.0. The van der Waals surface area contributed by atoms with Gasteiger partial charge in [-0.1, -0.05) is 29.3 Å². The van der Waals surface area contributed by atoms with E-state index in [1.807, 2.05) is 0 Å². The largest absolute Gasteiger partial charge is 0.380 e. The molecule has 4 nitrogen and oxygen atoms in total. The van der Waals surface area contributed by atoms with Crippen molar-refractivity contribution in [3.63, 3.8) is 0 Å². The molecule has 1 aliphatic heterocycles. The van der Waals surface area contributed by atoms with Crippen molar-refractivity contribution in [2.24, 2.45) is 0 Å². The van der Waals surface area contributed by atoms with Crippen LogP contribution >= 0.6 is 23.2 Å². The van der Waals surface area contributed by atoms with E-state index in [-0.39, 0.29) is 18.0 Å². The highest BCUT2D eigenvalue weighted by Gasteiger charge is 2.27. The Labute approximate surface area is 128 Å². The molecule has 1 aliphatic rings. The van der Waals surface area contributed by atoms with Gasteiger partial charge in [-0.25, -0.2) is 0 Å². The SMILES string of the molecule is CC1(NCC(=O)Nc2c(Cl)cccc2Cl)CCCOC1. The highest BCUT2D eigenvalue weighted by Crippen LogP contribution is 2.29. The normalized spacial score (nSPS) is 22.6. The zero-order valence-electron chi connectivity index (χ0n) is 11.3. The highest BCUT2D eigenvalue weighted by atomic mass is 35.5. The van der Waals surface area contributed by atoms with Gasteiger partial charge in [-0.3, -0.25) is 4.79 Å². The first-order chi connectivity index (χ1) is 9.50. The van der Waals surface area contributed by atoms with Crippen LogP contribution in [0.15, 0.2) is 18.2 Å². The van der Waals surface area contributed by atoms with Crippen molar-refractivity contribution in [2.45, 2.75) is 25.3 Å². The lowest BCUT2D eigenvalue weighted by molar-refractivity contribution is -0.116. The Morgan fingerprint density at radius 2 is 2.10 bits per heavy atom. The lowest BCUT2D eigenvalue weighted by Crippen LogP contribution is -2.51. The number of para-hydroxylation sites is 1. The van der Waals surface area contributed by atoms with Crippen LogP contribution in [0, 0.1) is 0 Å². The van der Waals surface area contributed by atoms with Gasteiger partial charge in [0, 0.05) is 12.1 Å². The van der Waals surface area contributed by atoms with E-state index in [9.17, 15) is 4.79 Å². The van der Waals surface area contributed by atoms with E-state index in [4.69, 9.17) is 27.9 Å². The van der Waals surface area contributed by atoms with Gasteiger partial charge in [0.1, 0.15) is 0 Å². The third-order valence-electron chi connectivity index (χ3n) is 3.34. The number of carbonyl (C=O) groups is 1. The van der Waals surface area contributed by atoms with Crippen LogP contribution in [0.3, 0.4) is 0 Å². The number of halogens is 2. The molecule has 1 amide bonds. The van der Waals surface area contributed by atoms with Gasteiger partial charge in [0.15, 0.2) is 0 Å². The van der Waals surface area contributed by atoms with E-state index >= 15 is 0 Å². The van der Waals surface area contributed by atoms with Crippen LogP contribution in [0.25, 0.3) is 0 Å². The summed E-state index contributed by atoms with van der Waals surface area (Å²) in [6, 6.07) is 5.11. The fraction of sp³-hybridized carbons (Fsp3) is 0.500. The van der Waals surface area contributed by atoms with Crippen molar-refractivity contribution in [3.8, 4) is 0 Å². The number of benzene rings is 1. The quantitative estimate of drug-likeness (QED) is 0.897. The lowest BCUT2D eigenvalue weighted by Gasteiger charge is -2.34. The molecule has 2 rings (SSSR count). The Morgan fingerprint density at radius 3 is 2.70 bits per heavy atom. The summed E-state index contributed by atoms with van der Waals surface area (Å²) in [6.07, 6.45) is 1.99. The number of nitrogens with one attached hydrogen (secondary N) is 2. The Hall–Kier alpha value is -0.810. The predicted molar refractivity (Wildman–Crippen MR) is 81.6 cm³/mol. The average molecular weight is 317 g/mol. The van der Waals surface area contributed by atoms with E-state index in [1.165, 1.54) is 0 Å². The second-order valence-corrected chi connectivity index (χ2v) is 6.03. The Balaban J connectivity index is 1.89. The Bertz CT molecular complexity index is 468. The molecule has 0 aromatic heterocycles. The van der Waals surface area contributed by atoms with Gasteiger partial charge in [-0.2, -0.15) is 0 Å². The first-order valence-electron chi connectivity index (χ1n) is 6.57. The number of ether oxygens (including phenoxy) is 1. The molecule has 20 heavy (non-hydrogen) atoms. The molecule has 6 heteroatoms. The molecule has 0 saturated carbocycles. The zero-order valence-corrected chi connectivity index (χ0v) is 12.9. The van der Waals surface area contributed by atoms with Crippen LogP contribution in [0.5, 0.6) is 0 Å². The predicted octanol–water partition coefficient (Wildman–Crippen LogP) is 3.09. The maximum Gasteiger partial charge on any atom is 0.238 e. The second-order valence-electron chi connectivity index (χ2n) is 5.22. The number of anilines is 1. The monoisotopic (exact) mass is 316 g/mol.